The minimum atomic E-state index is -0.813. The van der Waals surface area contributed by atoms with E-state index in [1.165, 1.54) is 4.90 Å². The highest BCUT2D eigenvalue weighted by Gasteiger charge is 2.44. The minimum Gasteiger partial charge on any atom is -0.396 e. The number of amides is 3. The normalized spacial score (nSPS) is 17.7. The number of aliphatic hydroxyl groups excluding tert-OH is 2. The summed E-state index contributed by atoms with van der Waals surface area (Å²) in [6.45, 7) is 8.24. The van der Waals surface area contributed by atoms with Crippen LogP contribution in [0.5, 0.6) is 0 Å². The number of β-amino-alcohol motifs (C(OH)–C–C–N with tert-alkyl or cyclic N) is 1. The lowest BCUT2D eigenvalue weighted by Gasteiger charge is -2.35. The summed E-state index contributed by atoms with van der Waals surface area (Å²) in [5.74, 6) is -0.845. The highest BCUT2D eigenvalue weighted by atomic mass is 32.1. The van der Waals surface area contributed by atoms with Gasteiger partial charge in [0.05, 0.1) is 22.2 Å². The lowest BCUT2D eigenvalue weighted by molar-refractivity contribution is -0.144. The van der Waals surface area contributed by atoms with Crippen molar-refractivity contribution < 1.29 is 24.6 Å². The van der Waals surface area contributed by atoms with Crippen molar-refractivity contribution in [3.05, 3.63) is 41.0 Å². The quantitative estimate of drug-likeness (QED) is 0.225. The number of hydrogen-bond acceptors (Lipinski definition) is 7. The molecule has 0 aliphatic carbocycles. The first-order chi connectivity index (χ1) is 20.0. The second-order valence-electron chi connectivity index (χ2n) is 12.4. The van der Waals surface area contributed by atoms with Crippen LogP contribution in [0.4, 0.5) is 0 Å². The summed E-state index contributed by atoms with van der Waals surface area (Å²) in [6.07, 6.45) is 6.45. The van der Waals surface area contributed by atoms with Crippen LogP contribution in [0.1, 0.15) is 89.8 Å². The van der Waals surface area contributed by atoms with E-state index in [0.29, 0.717) is 13.0 Å². The highest BCUT2D eigenvalue weighted by molar-refractivity contribution is 7.13. The van der Waals surface area contributed by atoms with Crippen LogP contribution in [-0.4, -0.2) is 69.2 Å². The van der Waals surface area contributed by atoms with E-state index in [1.807, 2.05) is 57.5 Å². The van der Waals surface area contributed by atoms with E-state index in [-0.39, 0.29) is 37.3 Å². The number of thiazole rings is 1. The molecule has 9 nitrogen and oxygen atoms in total. The average molecular weight is 601 g/mol. The molecule has 0 radical (unpaired) electrons. The Kier molecular flexibility index (Phi) is 12.9. The molecule has 232 valence electrons. The first-order valence-corrected chi connectivity index (χ1v) is 16.0. The molecule has 2 aromatic rings. The fourth-order valence-corrected chi connectivity index (χ4v) is 6.11. The van der Waals surface area contributed by atoms with Crippen LogP contribution < -0.4 is 10.6 Å². The number of nitrogens with one attached hydrogen (secondary N) is 2. The van der Waals surface area contributed by atoms with Gasteiger partial charge in [-0.05, 0) is 36.3 Å². The molecular weight excluding hydrogens is 552 g/mol. The van der Waals surface area contributed by atoms with Crippen LogP contribution in [0.3, 0.4) is 0 Å². The van der Waals surface area contributed by atoms with E-state index in [1.54, 1.807) is 11.3 Å². The fourth-order valence-electron chi connectivity index (χ4n) is 5.29. The van der Waals surface area contributed by atoms with Crippen LogP contribution in [-0.2, 0) is 20.9 Å². The SMILES string of the molecule is Cc1ncsc1-c1ccc(CNC(=O)[C@@H]2C[C@@H](O)CN2C(=O)[C@@H](NC(=O)CCCCCCCCCO)C(C)(C)C)cc1. The zero-order chi connectivity index (χ0) is 30.7. The van der Waals surface area contributed by atoms with Crippen molar-refractivity contribution in [2.75, 3.05) is 13.2 Å². The second-order valence-corrected chi connectivity index (χ2v) is 13.2. The predicted molar refractivity (Wildman–Crippen MR) is 166 cm³/mol. The second kappa shape index (κ2) is 16.1. The molecule has 1 saturated heterocycles. The van der Waals surface area contributed by atoms with Gasteiger partial charge in [-0.1, -0.05) is 77.1 Å². The predicted octanol–water partition coefficient (Wildman–Crippen LogP) is 4.34. The zero-order valence-electron chi connectivity index (χ0n) is 25.5. The highest BCUT2D eigenvalue weighted by Crippen LogP contribution is 2.28. The summed E-state index contributed by atoms with van der Waals surface area (Å²) in [6, 6.07) is 6.32. The molecule has 0 spiro atoms. The summed E-state index contributed by atoms with van der Waals surface area (Å²) >= 11 is 1.59. The molecule has 10 heteroatoms. The third kappa shape index (κ3) is 9.88. The van der Waals surface area contributed by atoms with Gasteiger partial charge < -0.3 is 25.7 Å². The van der Waals surface area contributed by atoms with E-state index >= 15 is 0 Å². The number of benzene rings is 1. The van der Waals surface area contributed by atoms with E-state index in [0.717, 1.165) is 66.6 Å². The number of aliphatic hydroxyl groups is 2. The Balaban J connectivity index is 1.54. The Morgan fingerprint density at radius 2 is 1.69 bits per heavy atom. The molecular formula is C32H48N4O5S. The largest absolute Gasteiger partial charge is 0.396 e. The summed E-state index contributed by atoms with van der Waals surface area (Å²) in [4.78, 5) is 46.6. The van der Waals surface area contributed by atoms with E-state index in [9.17, 15) is 19.5 Å². The van der Waals surface area contributed by atoms with Gasteiger partial charge in [0.1, 0.15) is 12.1 Å². The lowest BCUT2D eigenvalue weighted by Crippen LogP contribution is -2.57. The van der Waals surface area contributed by atoms with Crippen LogP contribution in [0.25, 0.3) is 10.4 Å². The first kappa shape index (κ1) is 33.7. The monoisotopic (exact) mass is 600 g/mol. The number of carbonyl (C=O) groups excluding carboxylic acids is 3. The van der Waals surface area contributed by atoms with Gasteiger partial charge >= 0.3 is 0 Å². The Morgan fingerprint density at radius 3 is 2.29 bits per heavy atom. The molecule has 0 bridgehead atoms. The Bertz CT molecular complexity index is 1160. The number of carbonyl (C=O) groups is 3. The number of aryl methyl sites for hydroxylation is 1. The molecule has 4 N–H and O–H groups in total. The van der Waals surface area contributed by atoms with Crippen LogP contribution in [0.2, 0.25) is 0 Å². The molecule has 1 aromatic heterocycles. The number of likely N-dealkylation sites (tertiary alicyclic amines) is 1. The molecule has 3 rings (SSSR count). The topological polar surface area (TPSA) is 132 Å². The molecule has 1 aromatic carbocycles. The van der Waals surface area contributed by atoms with Gasteiger partial charge in [0.15, 0.2) is 0 Å². The van der Waals surface area contributed by atoms with Crippen molar-refractivity contribution in [2.45, 2.75) is 110 Å². The minimum absolute atomic E-state index is 0.0541. The van der Waals surface area contributed by atoms with E-state index < -0.39 is 23.6 Å². The maximum Gasteiger partial charge on any atom is 0.246 e. The van der Waals surface area contributed by atoms with Crippen molar-refractivity contribution in [3.8, 4) is 10.4 Å². The molecule has 0 saturated carbocycles. The van der Waals surface area contributed by atoms with Crippen molar-refractivity contribution in [1.29, 1.82) is 0 Å². The molecule has 3 atom stereocenters. The Labute approximate surface area is 254 Å². The van der Waals surface area contributed by atoms with Gasteiger partial charge in [-0.25, -0.2) is 4.98 Å². The molecule has 2 heterocycles. The van der Waals surface area contributed by atoms with E-state index in [4.69, 9.17) is 5.11 Å². The molecule has 1 aliphatic heterocycles. The van der Waals surface area contributed by atoms with Crippen LogP contribution in [0, 0.1) is 12.3 Å². The van der Waals surface area contributed by atoms with Gasteiger partial charge in [0.25, 0.3) is 0 Å². The number of aromatic nitrogens is 1. The average Bonchev–Trinajstić information content (AvgIpc) is 3.56. The van der Waals surface area contributed by atoms with Crippen molar-refractivity contribution in [1.82, 2.24) is 20.5 Å². The maximum absolute atomic E-state index is 13.7. The first-order valence-electron chi connectivity index (χ1n) is 15.2. The summed E-state index contributed by atoms with van der Waals surface area (Å²) in [7, 11) is 0. The molecule has 42 heavy (non-hydrogen) atoms. The summed E-state index contributed by atoms with van der Waals surface area (Å²) < 4.78 is 0. The molecule has 1 fully saturated rings. The van der Waals surface area contributed by atoms with Crippen molar-refractivity contribution in [3.63, 3.8) is 0 Å². The number of rotatable bonds is 15. The third-order valence-electron chi connectivity index (χ3n) is 7.77. The van der Waals surface area contributed by atoms with Gasteiger partial charge in [-0.3, -0.25) is 14.4 Å². The van der Waals surface area contributed by atoms with Crippen molar-refractivity contribution in [2.24, 2.45) is 5.41 Å². The third-order valence-corrected chi connectivity index (χ3v) is 8.75. The number of hydrogen-bond donors (Lipinski definition) is 4. The molecule has 0 unspecified atom stereocenters. The van der Waals surface area contributed by atoms with Gasteiger partial charge in [-0.15, -0.1) is 11.3 Å². The Hall–Kier alpha value is -2.82. The summed E-state index contributed by atoms with van der Waals surface area (Å²) in [5, 5.41) is 25.1. The van der Waals surface area contributed by atoms with Gasteiger partial charge in [0, 0.05) is 32.5 Å². The number of nitrogens with zero attached hydrogens (tertiary/aromatic N) is 2. The standard InChI is InChI=1S/C32H48N4O5S/c1-22-28(42-21-34-22)24-15-13-23(14-16-24)19-33-30(40)26-18-25(38)20-36(26)31(41)29(32(2,3)4)35-27(39)12-10-8-6-5-7-9-11-17-37/h13-16,21,25-26,29,37-38H,5-12,17-20H2,1-4H3,(H,33,40)(H,35,39)/t25-,26+,29-/m1/s1. The Morgan fingerprint density at radius 1 is 1.05 bits per heavy atom. The zero-order valence-corrected chi connectivity index (χ0v) is 26.3. The summed E-state index contributed by atoms with van der Waals surface area (Å²) in [5.41, 5.74) is 4.23. The fraction of sp³-hybridized carbons (Fsp3) is 0.625. The van der Waals surface area contributed by atoms with Gasteiger partial charge in [0.2, 0.25) is 17.7 Å². The van der Waals surface area contributed by atoms with Crippen LogP contribution in [0.15, 0.2) is 29.8 Å². The van der Waals surface area contributed by atoms with E-state index in [2.05, 4.69) is 15.6 Å². The smallest absolute Gasteiger partial charge is 0.246 e. The molecule has 1 aliphatic rings. The maximum atomic E-state index is 13.7. The van der Waals surface area contributed by atoms with Crippen LogP contribution >= 0.6 is 11.3 Å². The van der Waals surface area contributed by atoms with Gasteiger partial charge in [-0.2, -0.15) is 0 Å². The number of unbranched alkanes of at least 4 members (excludes halogenated alkanes) is 6. The van der Waals surface area contributed by atoms with Crippen molar-refractivity contribution >= 4 is 29.1 Å². The lowest BCUT2D eigenvalue weighted by atomic mass is 9.85. The molecule has 3 amide bonds.